The molecular formula is C21H34N6O3. The minimum absolute atomic E-state index is 0.0382. The van der Waals surface area contributed by atoms with Crippen molar-refractivity contribution < 1.29 is 14.7 Å². The summed E-state index contributed by atoms with van der Waals surface area (Å²) in [5.74, 6) is 1.17. The van der Waals surface area contributed by atoms with Crippen molar-refractivity contribution in [2.45, 2.75) is 72.6 Å². The molecule has 4 N–H and O–H groups in total. The van der Waals surface area contributed by atoms with Gasteiger partial charge in [0, 0.05) is 17.6 Å². The van der Waals surface area contributed by atoms with E-state index >= 15 is 0 Å². The minimum atomic E-state index is -0.711. The number of anilines is 1. The lowest BCUT2D eigenvalue weighted by atomic mass is 9.95. The number of nitrogens with zero attached hydrogens (tertiary/aromatic N) is 3. The zero-order valence-corrected chi connectivity index (χ0v) is 18.4. The number of rotatable bonds is 10. The zero-order chi connectivity index (χ0) is 22.1. The van der Waals surface area contributed by atoms with Gasteiger partial charge >= 0.3 is 6.03 Å². The molecule has 1 unspecified atom stereocenters. The summed E-state index contributed by atoms with van der Waals surface area (Å²) >= 11 is 0. The molecule has 2 rings (SSSR count). The Morgan fingerprint density at radius 1 is 1.37 bits per heavy atom. The van der Waals surface area contributed by atoms with E-state index in [0.29, 0.717) is 23.5 Å². The maximum atomic E-state index is 12.3. The van der Waals surface area contributed by atoms with Crippen molar-refractivity contribution in [2.24, 2.45) is 5.92 Å². The maximum Gasteiger partial charge on any atom is 0.342 e. The Bertz CT molecular complexity index is 780. The van der Waals surface area contributed by atoms with Crippen LogP contribution >= 0.6 is 0 Å². The molecule has 1 aliphatic rings. The van der Waals surface area contributed by atoms with Gasteiger partial charge in [-0.3, -0.25) is 10.5 Å². The fourth-order valence-electron chi connectivity index (χ4n) is 3.37. The fourth-order valence-corrected chi connectivity index (χ4v) is 3.37. The Kier molecular flexibility index (Phi) is 9.04. The second kappa shape index (κ2) is 11.5. The normalized spacial score (nSPS) is 14.8. The topological polar surface area (TPSA) is 123 Å². The van der Waals surface area contributed by atoms with E-state index in [2.05, 4.69) is 34.6 Å². The standard InChI is InChI=1S/C21H34N6O3/c1-5-14(2)9-8-12-30-16(4)19(13-22)27(29)26-21(28)25-20-23-15(3)17-10-6-7-11-18(17)24-20/h13-14,22,29H,5-12H2,1-4H3,(H2,23,24,25,26,28)/b19-16-,22-13?. The molecule has 0 bridgehead atoms. The molecule has 9 heteroatoms. The first-order valence-electron chi connectivity index (χ1n) is 10.6. The number of aromatic nitrogens is 2. The van der Waals surface area contributed by atoms with Gasteiger partial charge in [-0.05, 0) is 63.9 Å². The first kappa shape index (κ1) is 23.6. The average molecular weight is 419 g/mol. The summed E-state index contributed by atoms with van der Waals surface area (Å²) in [6.07, 6.45) is 8.00. The number of urea groups is 1. The zero-order valence-electron chi connectivity index (χ0n) is 18.4. The average Bonchev–Trinajstić information content (AvgIpc) is 2.71. The molecule has 1 heterocycles. The van der Waals surface area contributed by atoms with E-state index < -0.39 is 6.03 Å². The van der Waals surface area contributed by atoms with Crippen molar-refractivity contribution in [3.63, 3.8) is 0 Å². The molecule has 0 radical (unpaired) electrons. The Labute approximate surface area is 178 Å². The van der Waals surface area contributed by atoms with Crippen molar-refractivity contribution in [2.75, 3.05) is 11.9 Å². The van der Waals surface area contributed by atoms with E-state index in [1.807, 2.05) is 6.92 Å². The van der Waals surface area contributed by atoms with Gasteiger partial charge in [0.05, 0.1) is 6.61 Å². The molecule has 9 nitrogen and oxygen atoms in total. The SMILES string of the molecule is CCC(C)CCCO/C(C)=C(/C=N)N(O)NC(=O)Nc1nc(C)c2c(n1)CCCC2. The molecule has 0 spiro atoms. The van der Waals surface area contributed by atoms with Gasteiger partial charge in [-0.15, -0.1) is 0 Å². The number of hydrogen-bond acceptors (Lipinski definition) is 7. The number of carbonyl (C=O) groups excluding carboxylic acids is 1. The third-order valence-corrected chi connectivity index (χ3v) is 5.41. The smallest absolute Gasteiger partial charge is 0.342 e. The van der Waals surface area contributed by atoms with Gasteiger partial charge in [-0.25, -0.2) is 20.2 Å². The molecule has 0 aliphatic heterocycles. The number of hydroxylamine groups is 1. The van der Waals surface area contributed by atoms with Crippen LogP contribution in [0.1, 0.15) is 69.8 Å². The number of carbonyl (C=O) groups is 1. The molecule has 1 aromatic heterocycles. The van der Waals surface area contributed by atoms with Crippen LogP contribution in [0.4, 0.5) is 10.7 Å². The van der Waals surface area contributed by atoms with E-state index in [1.54, 1.807) is 6.92 Å². The van der Waals surface area contributed by atoms with Gasteiger partial charge in [0.25, 0.3) is 0 Å². The van der Waals surface area contributed by atoms with Crippen LogP contribution in [0, 0.1) is 18.3 Å². The molecule has 1 aliphatic carbocycles. The highest BCUT2D eigenvalue weighted by atomic mass is 16.5. The number of nitrogens with one attached hydrogen (secondary N) is 3. The predicted molar refractivity (Wildman–Crippen MR) is 115 cm³/mol. The molecule has 30 heavy (non-hydrogen) atoms. The molecule has 0 saturated heterocycles. The number of allylic oxidation sites excluding steroid dienone is 2. The van der Waals surface area contributed by atoms with Crippen LogP contribution < -0.4 is 10.7 Å². The lowest BCUT2D eigenvalue weighted by molar-refractivity contribution is -0.0840. The van der Waals surface area contributed by atoms with Crippen LogP contribution in [0.2, 0.25) is 0 Å². The Morgan fingerprint density at radius 3 is 2.80 bits per heavy atom. The third kappa shape index (κ3) is 6.69. The lowest BCUT2D eigenvalue weighted by Gasteiger charge is -2.21. The van der Waals surface area contributed by atoms with E-state index in [9.17, 15) is 10.0 Å². The Balaban J connectivity index is 1.93. The molecule has 1 atom stereocenters. The van der Waals surface area contributed by atoms with Gasteiger partial charge in [0.15, 0.2) is 0 Å². The van der Waals surface area contributed by atoms with Gasteiger partial charge in [-0.2, -0.15) is 5.17 Å². The van der Waals surface area contributed by atoms with Crippen LogP contribution in [0.5, 0.6) is 0 Å². The van der Waals surface area contributed by atoms with Crippen LogP contribution in [-0.2, 0) is 17.6 Å². The fraction of sp³-hybridized carbons (Fsp3) is 0.619. The highest BCUT2D eigenvalue weighted by molar-refractivity contribution is 5.87. The van der Waals surface area contributed by atoms with Crippen molar-refractivity contribution in [3.05, 3.63) is 28.4 Å². The number of hydrazine groups is 1. The summed E-state index contributed by atoms with van der Waals surface area (Å²) in [5, 5.41) is 20.7. The quantitative estimate of drug-likeness (QED) is 0.196. The molecule has 2 amide bonds. The van der Waals surface area contributed by atoms with Gasteiger partial charge in [-0.1, -0.05) is 20.3 Å². The second-order valence-electron chi connectivity index (χ2n) is 7.73. The number of amides is 2. The van der Waals surface area contributed by atoms with E-state index in [-0.39, 0.29) is 11.6 Å². The Morgan fingerprint density at radius 2 is 2.10 bits per heavy atom. The van der Waals surface area contributed by atoms with E-state index in [1.165, 1.54) is 0 Å². The minimum Gasteiger partial charge on any atom is -0.496 e. The number of aryl methyl sites for hydroxylation is 2. The summed E-state index contributed by atoms with van der Waals surface area (Å²) in [5.41, 5.74) is 5.27. The monoisotopic (exact) mass is 418 g/mol. The van der Waals surface area contributed by atoms with Crippen molar-refractivity contribution >= 4 is 18.2 Å². The van der Waals surface area contributed by atoms with E-state index in [0.717, 1.165) is 68.1 Å². The molecule has 0 fully saturated rings. The first-order valence-corrected chi connectivity index (χ1v) is 10.6. The summed E-state index contributed by atoms with van der Waals surface area (Å²) in [7, 11) is 0. The summed E-state index contributed by atoms with van der Waals surface area (Å²) in [6.45, 7) is 8.38. The predicted octanol–water partition coefficient (Wildman–Crippen LogP) is 4.12. The first-order chi connectivity index (χ1) is 14.3. The van der Waals surface area contributed by atoms with Crippen molar-refractivity contribution in [3.8, 4) is 0 Å². The summed E-state index contributed by atoms with van der Waals surface area (Å²) in [4.78, 5) is 21.0. The van der Waals surface area contributed by atoms with Crippen LogP contribution in [0.25, 0.3) is 0 Å². The summed E-state index contributed by atoms with van der Waals surface area (Å²) in [6, 6.07) is -0.711. The molecule has 0 saturated carbocycles. The van der Waals surface area contributed by atoms with Crippen molar-refractivity contribution in [1.29, 1.82) is 5.41 Å². The van der Waals surface area contributed by atoms with Crippen LogP contribution in [0.3, 0.4) is 0 Å². The number of fused-ring (bicyclic) bond motifs is 1. The van der Waals surface area contributed by atoms with Gasteiger partial charge < -0.3 is 10.1 Å². The van der Waals surface area contributed by atoms with Crippen LogP contribution in [-0.4, -0.2) is 39.2 Å². The highest BCUT2D eigenvalue weighted by Gasteiger charge is 2.18. The van der Waals surface area contributed by atoms with Crippen LogP contribution in [0.15, 0.2) is 11.5 Å². The number of ether oxygens (including phenoxy) is 1. The van der Waals surface area contributed by atoms with Gasteiger partial charge in [0.2, 0.25) is 5.95 Å². The third-order valence-electron chi connectivity index (χ3n) is 5.41. The van der Waals surface area contributed by atoms with Gasteiger partial charge in [0.1, 0.15) is 11.5 Å². The highest BCUT2D eigenvalue weighted by Crippen LogP contribution is 2.22. The summed E-state index contributed by atoms with van der Waals surface area (Å²) < 4.78 is 5.62. The molecule has 166 valence electrons. The second-order valence-corrected chi connectivity index (χ2v) is 7.73. The molecule has 1 aromatic rings. The molecular weight excluding hydrogens is 384 g/mol. The largest absolute Gasteiger partial charge is 0.496 e. The van der Waals surface area contributed by atoms with E-state index in [4.69, 9.17) is 10.1 Å². The number of hydrogen-bond donors (Lipinski definition) is 4. The Hall–Kier alpha value is -2.68. The van der Waals surface area contributed by atoms with Crippen molar-refractivity contribution in [1.82, 2.24) is 20.6 Å². The lowest BCUT2D eigenvalue weighted by Crippen LogP contribution is -2.43. The molecule has 0 aromatic carbocycles. The maximum absolute atomic E-state index is 12.3.